The molecule has 3 aliphatic carbocycles. The minimum absolute atomic E-state index is 0.140. The highest BCUT2D eigenvalue weighted by Crippen LogP contribution is 2.70. The van der Waals surface area contributed by atoms with Gasteiger partial charge in [-0.25, -0.2) is 0 Å². The summed E-state index contributed by atoms with van der Waals surface area (Å²) in [4.78, 5) is 0. The monoisotopic (exact) mass is 472 g/mol. The molecule has 0 atom stereocenters. The van der Waals surface area contributed by atoms with E-state index in [1.165, 1.54) is 0 Å². The molecule has 0 spiro atoms. The molecule has 0 amide bonds. The summed E-state index contributed by atoms with van der Waals surface area (Å²) in [7, 11) is -4.04. The molecule has 2 nitrogen and oxygen atoms in total. The van der Waals surface area contributed by atoms with Crippen LogP contribution < -0.4 is 0 Å². The van der Waals surface area contributed by atoms with Crippen molar-refractivity contribution in [2.24, 2.45) is 10.8 Å². The molecule has 0 bridgehead atoms. The number of hydrogen-bond acceptors (Lipinski definition) is 2. The van der Waals surface area contributed by atoms with Crippen molar-refractivity contribution in [2.75, 3.05) is 0 Å². The van der Waals surface area contributed by atoms with Gasteiger partial charge in [-0.05, 0) is 45.4 Å². The third-order valence-electron chi connectivity index (χ3n) is 9.09. The van der Waals surface area contributed by atoms with Crippen LogP contribution in [0.2, 0.25) is 33.2 Å². The molecule has 0 radical (unpaired) electrons. The molecule has 0 aromatic heterocycles. The van der Waals surface area contributed by atoms with Crippen LogP contribution in [-0.2, 0) is 8.85 Å². The predicted octanol–water partition coefficient (Wildman–Crippen LogP) is 9.26. The Morgan fingerprint density at radius 1 is 0.469 bits per heavy atom. The van der Waals surface area contributed by atoms with E-state index in [9.17, 15) is 0 Å². The Labute approximate surface area is 200 Å². The van der Waals surface area contributed by atoms with Gasteiger partial charge in [-0.2, -0.15) is 0 Å². The maximum Gasteiger partial charge on any atom is 0.258 e. The van der Waals surface area contributed by atoms with E-state index in [0.29, 0.717) is 33.2 Å². The van der Waals surface area contributed by atoms with Crippen molar-refractivity contribution in [1.29, 1.82) is 0 Å². The summed E-state index contributed by atoms with van der Waals surface area (Å²) in [6.45, 7) is 28.4. The molecule has 0 aliphatic heterocycles. The van der Waals surface area contributed by atoms with Crippen LogP contribution >= 0.6 is 0 Å². The second-order valence-electron chi connectivity index (χ2n) is 12.3. The fourth-order valence-electron chi connectivity index (χ4n) is 7.48. The van der Waals surface area contributed by atoms with Crippen molar-refractivity contribution in [3.05, 3.63) is 48.0 Å². The second-order valence-corrected chi connectivity index (χ2v) is 23.1. The highest BCUT2D eigenvalue weighted by Gasteiger charge is 2.66. The van der Waals surface area contributed by atoms with Crippen molar-refractivity contribution < 1.29 is 8.85 Å². The van der Waals surface area contributed by atoms with Gasteiger partial charge < -0.3 is 8.85 Å². The van der Waals surface area contributed by atoms with E-state index in [2.05, 4.69) is 120 Å². The zero-order valence-electron chi connectivity index (χ0n) is 22.7. The van der Waals surface area contributed by atoms with E-state index in [4.69, 9.17) is 8.85 Å². The van der Waals surface area contributed by atoms with E-state index >= 15 is 0 Å². The fourth-order valence-corrected chi connectivity index (χ4v) is 18.1. The van der Waals surface area contributed by atoms with Crippen molar-refractivity contribution in [1.82, 2.24) is 0 Å². The SMILES string of the molecule is CC(C)[Si](OC1=CC=C(O[Si](C(C)C)(C(C)C)C(C)C)C23C=CC12C=C3)(C(C)C)C(C)C. The zero-order valence-corrected chi connectivity index (χ0v) is 24.7. The molecule has 0 aromatic rings. The molecule has 180 valence electrons. The Balaban J connectivity index is 2.07. The van der Waals surface area contributed by atoms with Crippen LogP contribution in [0.5, 0.6) is 0 Å². The topological polar surface area (TPSA) is 18.5 Å². The van der Waals surface area contributed by atoms with Gasteiger partial charge in [0, 0.05) is 0 Å². The summed E-state index contributed by atoms with van der Waals surface area (Å²) in [6, 6.07) is 0. The summed E-state index contributed by atoms with van der Waals surface area (Å²) in [5.74, 6) is 2.31. The first-order valence-electron chi connectivity index (χ1n) is 13.0. The first-order chi connectivity index (χ1) is 14.7. The van der Waals surface area contributed by atoms with Crippen LogP contribution in [0.1, 0.15) is 83.1 Å². The van der Waals surface area contributed by atoms with Crippen molar-refractivity contribution >= 4 is 16.6 Å². The molecule has 4 heteroatoms. The summed E-state index contributed by atoms with van der Waals surface area (Å²) in [5.41, 5.74) is 3.09. The van der Waals surface area contributed by atoms with Crippen LogP contribution in [0.25, 0.3) is 0 Å². The summed E-state index contributed by atoms with van der Waals surface area (Å²) < 4.78 is 14.5. The maximum atomic E-state index is 7.25. The molecule has 0 aromatic carbocycles. The Morgan fingerprint density at radius 2 is 0.688 bits per heavy atom. The van der Waals surface area contributed by atoms with Crippen molar-refractivity contribution in [3.8, 4) is 0 Å². The molecular weight excluding hydrogens is 424 g/mol. The van der Waals surface area contributed by atoms with E-state index in [0.717, 1.165) is 11.5 Å². The minimum atomic E-state index is -2.02. The molecule has 3 rings (SSSR count). The molecule has 0 saturated heterocycles. The Hall–Kier alpha value is -1.01. The third-order valence-corrected chi connectivity index (χ3v) is 21.1. The molecule has 0 N–H and O–H groups in total. The highest BCUT2D eigenvalue weighted by molar-refractivity contribution is 6.78. The number of hydrogen-bond donors (Lipinski definition) is 0. The molecular formula is C28H48O2Si2. The molecule has 0 fully saturated rings. The third kappa shape index (κ3) is 3.15. The Bertz CT molecular complexity index is 714. The van der Waals surface area contributed by atoms with E-state index < -0.39 is 16.6 Å². The van der Waals surface area contributed by atoms with Crippen molar-refractivity contribution in [3.63, 3.8) is 0 Å². The van der Waals surface area contributed by atoms with Crippen LogP contribution in [0.15, 0.2) is 48.0 Å². The van der Waals surface area contributed by atoms with E-state index in [-0.39, 0.29) is 10.8 Å². The van der Waals surface area contributed by atoms with Gasteiger partial charge in [0.1, 0.15) is 0 Å². The summed E-state index contributed by atoms with van der Waals surface area (Å²) in [5, 5.41) is 0. The van der Waals surface area contributed by atoms with Crippen LogP contribution in [0.3, 0.4) is 0 Å². The minimum Gasteiger partial charge on any atom is -0.545 e. The summed E-state index contributed by atoms with van der Waals surface area (Å²) in [6.07, 6.45) is 14.0. The normalized spacial score (nSPS) is 26.9. The second kappa shape index (κ2) is 8.34. The molecule has 0 heterocycles. The first-order valence-corrected chi connectivity index (χ1v) is 17.2. The lowest BCUT2D eigenvalue weighted by molar-refractivity contribution is 0.123. The van der Waals surface area contributed by atoms with Crippen LogP contribution in [0.4, 0.5) is 0 Å². The van der Waals surface area contributed by atoms with Gasteiger partial charge in [-0.1, -0.05) is 107 Å². The fraction of sp³-hybridized carbons (Fsp3) is 0.714. The highest BCUT2D eigenvalue weighted by atomic mass is 28.4. The summed E-state index contributed by atoms with van der Waals surface area (Å²) >= 11 is 0. The standard InChI is InChI=1S/C28H48O2Si2/c1-19(2)31(20(3)4,21(5)6)29-25-13-14-26(28-17-15-27(25,28)16-18-28)30-32(22(7)8,23(9)10)24(11)12/h13-24H,1-12H3. The van der Waals surface area contributed by atoms with Crippen molar-refractivity contribution in [2.45, 2.75) is 116 Å². The Morgan fingerprint density at radius 3 is 0.844 bits per heavy atom. The van der Waals surface area contributed by atoms with Gasteiger partial charge in [0.05, 0.1) is 22.3 Å². The largest absolute Gasteiger partial charge is 0.545 e. The number of rotatable bonds is 10. The zero-order chi connectivity index (χ0) is 24.3. The predicted molar refractivity (Wildman–Crippen MR) is 144 cm³/mol. The van der Waals surface area contributed by atoms with E-state index in [1.54, 1.807) is 0 Å². The van der Waals surface area contributed by atoms with Gasteiger partial charge in [0.15, 0.2) is 0 Å². The molecule has 0 unspecified atom stereocenters. The van der Waals surface area contributed by atoms with Gasteiger partial charge in [-0.3, -0.25) is 0 Å². The molecule has 3 aliphatic rings. The average Bonchev–Trinajstić information content (AvgIpc) is 2.64. The lowest BCUT2D eigenvalue weighted by atomic mass is 9.45. The van der Waals surface area contributed by atoms with Gasteiger partial charge >= 0.3 is 0 Å². The first kappa shape index (κ1) is 25.6. The molecule has 32 heavy (non-hydrogen) atoms. The lowest BCUT2D eigenvalue weighted by Gasteiger charge is -2.62. The van der Waals surface area contributed by atoms with E-state index in [1.807, 2.05) is 0 Å². The van der Waals surface area contributed by atoms with Gasteiger partial charge in [0.25, 0.3) is 16.6 Å². The average molecular weight is 473 g/mol. The van der Waals surface area contributed by atoms with Crippen LogP contribution in [0, 0.1) is 10.8 Å². The maximum absolute atomic E-state index is 7.25. The Kier molecular flexibility index (Phi) is 6.67. The van der Waals surface area contributed by atoms with Gasteiger partial charge in [-0.15, -0.1) is 0 Å². The smallest absolute Gasteiger partial charge is 0.258 e. The quantitative estimate of drug-likeness (QED) is 0.233. The lowest BCUT2D eigenvalue weighted by Crippen LogP contribution is -2.59. The van der Waals surface area contributed by atoms with Crippen LogP contribution in [-0.4, -0.2) is 16.6 Å². The number of allylic oxidation sites excluding steroid dienone is 4. The van der Waals surface area contributed by atoms with Gasteiger partial charge in [0.2, 0.25) is 0 Å². The molecule has 0 saturated carbocycles.